The summed E-state index contributed by atoms with van der Waals surface area (Å²) >= 11 is 0. The number of ether oxygens (including phenoxy) is 2. The number of nitrogens with one attached hydrogen (secondary N) is 1. The van der Waals surface area contributed by atoms with Crippen LogP contribution >= 0.6 is 0 Å². The molecule has 0 saturated carbocycles. The van der Waals surface area contributed by atoms with Gasteiger partial charge in [0.15, 0.2) is 6.61 Å². The van der Waals surface area contributed by atoms with Gasteiger partial charge in [-0.25, -0.2) is 0 Å². The average Bonchev–Trinajstić information content (AvgIpc) is 2.97. The fourth-order valence-corrected chi connectivity index (χ4v) is 3.33. The number of amides is 2. The lowest BCUT2D eigenvalue weighted by atomic mass is 10.2. The molecule has 7 heteroatoms. The van der Waals surface area contributed by atoms with Crippen LogP contribution in [0.2, 0.25) is 0 Å². The Labute approximate surface area is 165 Å². The largest absolute Gasteiger partial charge is 0.484 e. The van der Waals surface area contributed by atoms with Gasteiger partial charge in [-0.3, -0.25) is 19.7 Å². The number of aromatic nitrogens is 1. The van der Waals surface area contributed by atoms with Gasteiger partial charge >= 0.3 is 0 Å². The predicted molar refractivity (Wildman–Crippen MR) is 106 cm³/mol. The Balaban J connectivity index is 1.54. The summed E-state index contributed by atoms with van der Waals surface area (Å²) in [6, 6.07) is 10.6. The number of carbonyl (C=O) groups excluding carboxylic acids is 2. The van der Waals surface area contributed by atoms with Gasteiger partial charge in [-0.05, 0) is 64.1 Å². The minimum Gasteiger partial charge on any atom is -0.484 e. The number of hydrogen-bond donors (Lipinski definition) is 1. The smallest absolute Gasteiger partial charge is 0.270 e. The molecular formula is C21H27N3O4. The Morgan fingerprint density at radius 1 is 1.04 bits per heavy atom. The van der Waals surface area contributed by atoms with Crippen LogP contribution in [0.4, 0.5) is 0 Å². The van der Waals surface area contributed by atoms with E-state index in [-0.39, 0.29) is 30.6 Å². The van der Waals surface area contributed by atoms with Crippen molar-refractivity contribution in [3.63, 3.8) is 0 Å². The third-order valence-corrected chi connectivity index (χ3v) is 4.74. The van der Waals surface area contributed by atoms with E-state index in [1.54, 1.807) is 33.8 Å². The summed E-state index contributed by atoms with van der Waals surface area (Å²) in [7, 11) is 0. The first kappa shape index (κ1) is 19.9. The van der Waals surface area contributed by atoms with Gasteiger partial charge in [-0.1, -0.05) is 0 Å². The van der Waals surface area contributed by atoms with E-state index < -0.39 is 0 Å². The highest BCUT2D eigenvalue weighted by Crippen LogP contribution is 2.15. The summed E-state index contributed by atoms with van der Waals surface area (Å²) in [5.41, 5.74) is 5.29. The number of aryl methyl sites for hydroxylation is 2. The number of morpholine rings is 1. The molecule has 0 bridgehead atoms. The topological polar surface area (TPSA) is 72.8 Å². The molecule has 1 aromatic heterocycles. The van der Waals surface area contributed by atoms with Crippen LogP contribution in [0.1, 0.15) is 35.6 Å². The lowest BCUT2D eigenvalue weighted by molar-refractivity contribution is -0.145. The lowest BCUT2D eigenvalue weighted by Gasteiger charge is -2.35. The molecule has 1 aromatic carbocycles. The van der Waals surface area contributed by atoms with Gasteiger partial charge in [0.25, 0.3) is 11.8 Å². The van der Waals surface area contributed by atoms with Gasteiger partial charge in [0.1, 0.15) is 5.75 Å². The molecule has 2 atom stereocenters. The van der Waals surface area contributed by atoms with Crippen molar-refractivity contribution < 1.29 is 19.1 Å². The molecular weight excluding hydrogens is 358 g/mol. The maximum atomic E-state index is 12.4. The number of benzene rings is 1. The lowest BCUT2D eigenvalue weighted by Crippen LogP contribution is -2.49. The Morgan fingerprint density at radius 3 is 2.18 bits per heavy atom. The second kappa shape index (κ2) is 8.48. The Hall–Kier alpha value is -2.80. The molecule has 150 valence electrons. The first-order valence-electron chi connectivity index (χ1n) is 9.46. The minimum absolute atomic E-state index is 0.0260. The zero-order valence-electron chi connectivity index (χ0n) is 16.8. The second-order valence-corrected chi connectivity index (χ2v) is 7.26. The molecule has 0 unspecified atom stereocenters. The van der Waals surface area contributed by atoms with E-state index in [2.05, 4.69) is 5.43 Å². The number of rotatable bonds is 5. The van der Waals surface area contributed by atoms with E-state index in [9.17, 15) is 9.59 Å². The Kier molecular flexibility index (Phi) is 6.04. The highest BCUT2D eigenvalue weighted by atomic mass is 16.5. The van der Waals surface area contributed by atoms with Crippen molar-refractivity contribution in [1.29, 1.82) is 0 Å². The van der Waals surface area contributed by atoms with Crippen molar-refractivity contribution in [2.24, 2.45) is 0 Å². The second-order valence-electron chi connectivity index (χ2n) is 7.26. The standard InChI is InChI=1S/C21H27N3O4/c1-14-5-6-15(2)24(14)22-21(26)18-7-9-19(10-8-18)27-13-20(25)23-11-16(3)28-17(4)12-23/h5-10,16-17H,11-13H2,1-4H3,(H,22,26)/t16-,17+. The molecule has 0 radical (unpaired) electrons. The maximum Gasteiger partial charge on any atom is 0.270 e. The van der Waals surface area contributed by atoms with Crippen molar-refractivity contribution in [3.8, 4) is 5.75 Å². The monoisotopic (exact) mass is 385 g/mol. The highest BCUT2D eigenvalue weighted by molar-refractivity contribution is 6.00. The van der Waals surface area contributed by atoms with Gasteiger partial charge < -0.3 is 14.4 Å². The summed E-state index contributed by atoms with van der Waals surface area (Å²) < 4.78 is 13.0. The number of nitrogens with zero attached hydrogens (tertiary/aromatic N) is 2. The maximum absolute atomic E-state index is 12.4. The molecule has 7 nitrogen and oxygen atoms in total. The Bertz CT molecular complexity index is 814. The summed E-state index contributed by atoms with van der Waals surface area (Å²) in [5.74, 6) is 0.274. The summed E-state index contributed by atoms with van der Waals surface area (Å²) in [6.07, 6.45) is 0.0520. The summed E-state index contributed by atoms with van der Waals surface area (Å²) in [5, 5.41) is 0. The molecule has 2 aromatic rings. The van der Waals surface area contributed by atoms with Crippen LogP contribution in [-0.4, -0.2) is 53.3 Å². The summed E-state index contributed by atoms with van der Waals surface area (Å²) in [4.78, 5) is 26.5. The van der Waals surface area contributed by atoms with Crippen LogP contribution in [0.25, 0.3) is 0 Å². The van der Waals surface area contributed by atoms with Crippen molar-refractivity contribution in [2.75, 3.05) is 25.1 Å². The molecule has 2 heterocycles. The van der Waals surface area contributed by atoms with Crippen LogP contribution in [0, 0.1) is 13.8 Å². The Morgan fingerprint density at radius 2 is 1.61 bits per heavy atom. The predicted octanol–water partition coefficient (Wildman–Crippen LogP) is 2.50. The molecule has 28 heavy (non-hydrogen) atoms. The van der Waals surface area contributed by atoms with Gasteiger partial charge in [-0.2, -0.15) is 0 Å². The molecule has 1 saturated heterocycles. The van der Waals surface area contributed by atoms with Crippen LogP contribution in [0.5, 0.6) is 5.75 Å². The number of hydrogen-bond acceptors (Lipinski definition) is 4. The highest BCUT2D eigenvalue weighted by Gasteiger charge is 2.26. The van der Waals surface area contributed by atoms with Crippen LogP contribution in [0.15, 0.2) is 36.4 Å². The third kappa shape index (κ3) is 4.72. The van der Waals surface area contributed by atoms with Gasteiger partial charge in [-0.15, -0.1) is 0 Å². The summed E-state index contributed by atoms with van der Waals surface area (Å²) in [6.45, 7) is 8.88. The van der Waals surface area contributed by atoms with E-state index >= 15 is 0 Å². The molecule has 1 fully saturated rings. The molecule has 0 aliphatic carbocycles. The molecule has 2 amide bonds. The van der Waals surface area contributed by atoms with Crippen molar-refractivity contribution >= 4 is 11.8 Å². The zero-order valence-corrected chi connectivity index (χ0v) is 16.8. The van der Waals surface area contributed by atoms with Crippen LogP contribution in [0.3, 0.4) is 0 Å². The van der Waals surface area contributed by atoms with Crippen molar-refractivity contribution in [1.82, 2.24) is 9.58 Å². The quantitative estimate of drug-likeness (QED) is 0.858. The molecule has 3 rings (SSSR count). The van der Waals surface area contributed by atoms with Crippen molar-refractivity contribution in [3.05, 3.63) is 53.3 Å². The molecule has 0 spiro atoms. The normalized spacial score (nSPS) is 19.4. The van der Waals surface area contributed by atoms with E-state index in [1.165, 1.54) is 0 Å². The van der Waals surface area contributed by atoms with E-state index in [4.69, 9.17) is 9.47 Å². The van der Waals surface area contributed by atoms with Crippen LogP contribution < -0.4 is 10.2 Å². The SMILES string of the molecule is Cc1ccc(C)n1NC(=O)c1ccc(OCC(=O)N2C[C@@H](C)O[C@@H](C)C2)cc1. The van der Waals surface area contributed by atoms with Gasteiger partial charge in [0.05, 0.1) is 12.2 Å². The first-order valence-corrected chi connectivity index (χ1v) is 9.46. The van der Waals surface area contributed by atoms with Crippen LogP contribution in [-0.2, 0) is 9.53 Å². The molecule has 1 N–H and O–H groups in total. The molecule has 1 aliphatic rings. The number of carbonyl (C=O) groups is 2. The fourth-order valence-electron chi connectivity index (χ4n) is 3.33. The van der Waals surface area contributed by atoms with Crippen molar-refractivity contribution in [2.45, 2.75) is 39.9 Å². The third-order valence-electron chi connectivity index (χ3n) is 4.74. The van der Waals surface area contributed by atoms with E-state index in [1.807, 2.05) is 39.8 Å². The zero-order chi connectivity index (χ0) is 20.3. The van der Waals surface area contributed by atoms with Gasteiger partial charge in [0.2, 0.25) is 0 Å². The van der Waals surface area contributed by atoms with E-state index in [0.717, 1.165) is 11.4 Å². The molecule has 1 aliphatic heterocycles. The van der Waals surface area contributed by atoms with E-state index in [0.29, 0.717) is 24.4 Å². The first-order chi connectivity index (χ1) is 13.3. The fraction of sp³-hybridized carbons (Fsp3) is 0.429. The van der Waals surface area contributed by atoms with Gasteiger partial charge in [0, 0.05) is 30.0 Å². The average molecular weight is 385 g/mol. The minimum atomic E-state index is -0.207.